The van der Waals surface area contributed by atoms with E-state index in [9.17, 15) is 8.42 Å². The van der Waals surface area contributed by atoms with E-state index in [1.54, 1.807) is 13.1 Å². The minimum atomic E-state index is -3.68. The second-order valence-electron chi connectivity index (χ2n) is 4.01. The number of hydrogen-bond acceptors (Lipinski definition) is 3. The minimum absolute atomic E-state index is 0.0639. The van der Waals surface area contributed by atoms with Gasteiger partial charge in [0, 0.05) is 13.1 Å². The Morgan fingerprint density at radius 1 is 1.44 bits per heavy atom. The van der Waals surface area contributed by atoms with Crippen LogP contribution in [0, 0.1) is 0 Å². The van der Waals surface area contributed by atoms with Gasteiger partial charge in [-0.1, -0.05) is 6.08 Å². The molecule has 1 aliphatic rings. The summed E-state index contributed by atoms with van der Waals surface area (Å²) in [6.45, 7) is 0. The van der Waals surface area contributed by atoms with E-state index in [0.717, 1.165) is 30.5 Å². The van der Waals surface area contributed by atoms with Crippen LogP contribution in [-0.4, -0.2) is 18.2 Å². The van der Waals surface area contributed by atoms with Crippen LogP contribution in [0.25, 0.3) is 5.57 Å². The van der Waals surface area contributed by atoms with E-state index in [4.69, 9.17) is 5.14 Å². The zero-order valence-electron chi connectivity index (χ0n) is 9.18. The van der Waals surface area contributed by atoms with Gasteiger partial charge < -0.3 is 0 Å². The van der Waals surface area contributed by atoms with Gasteiger partial charge in [-0.25, -0.2) is 13.6 Å². The van der Waals surface area contributed by atoms with E-state index >= 15 is 0 Å². The molecule has 1 heterocycles. The Balaban J connectivity index is 2.41. The number of hydrogen-bond donors (Lipinski definition) is 1. The third kappa shape index (κ3) is 2.17. The van der Waals surface area contributed by atoms with Gasteiger partial charge in [-0.15, -0.1) is 0 Å². The summed E-state index contributed by atoms with van der Waals surface area (Å²) in [6.07, 6.45) is 6.45. The summed E-state index contributed by atoms with van der Waals surface area (Å²) in [6, 6.07) is 1.55. The Hall–Kier alpha value is -1.14. The molecule has 0 atom stereocenters. The number of aryl methyl sites for hydroxylation is 1. The molecule has 0 unspecified atom stereocenters. The highest BCUT2D eigenvalue weighted by atomic mass is 32.2. The molecule has 5 nitrogen and oxygen atoms in total. The Morgan fingerprint density at radius 3 is 2.69 bits per heavy atom. The number of nitrogens with zero attached hydrogens (tertiary/aromatic N) is 2. The summed E-state index contributed by atoms with van der Waals surface area (Å²) in [7, 11) is -2.09. The molecule has 2 rings (SSSR count). The highest BCUT2D eigenvalue weighted by Gasteiger charge is 2.17. The quantitative estimate of drug-likeness (QED) is 0.839. The fourth-order valence-electron chi connectivity index (χ4n) is 1.94. The van der Waals surface area contributed by atoms with Crippen molar-refractivity contribution in [2.75, 3.05) is 0 Å². The van der Waals surface area contributed by atoms with E-state index in [0.29, 0.717) is 0 Å². The Labute approximate surface area is 95.0 Å². The van der Waals surface area contributed by atoms with Gasteiger partial charge >= 0.3 is 0 Å². The van der Waals surface area contributed by atoms with E-state index in [2.05, 4.69) is 11.2 Å². The summed E-state index contributed by atoms with van der Waals surface area (Å²) < 4.78 is 23.8. The Morgan fingerprint density at radius 2 is 2.19 bits per heavy atom. The van der Waals surface area contributed by atoms with Crippen molar-refractivity contribution in [2.24, 2.45) is 12.2 Å². The van der Waals surface area contributed by atoms with Gasteiger partial charge in [0.25, 0.3) is 10.0 Å². The van der Waals surface area contributed by atoms with Crippen LogP contribution in [0.2, 0.25) is 0 Å². The summed E-state index contributed by atoms with van der Waals surface area (Å²) >= 11 is 0. The lowest BCUT2D eigenvalue weighted by Gasteiger charge is -2.09. The van der Waals surface area contributed by atoms with E-state index in [1.165, 1.54) is 11.1 Å². The normalized spacial score (nSPS) is 17.2. The van der Waals surface area contributed by atoms with Gasteiger partial charge in [0.1, 0.15) is 0 Å². The van der Waals surface area contributed by atoms with Gasteiger partial charge in [0.05, 0.1) is 5.69 Å². The lowest BCUT2D eigenvalue weighted by atomic mass is 9.97. The zero-order valence-corrected chi connectivity index (χ0v) is 10.00. The average Bonchev–Trinajstić information content (AvgIpc) is 2.61. The van der Waals surface area contributed by atoms with Crippen LogP contribution in [-0.2, 0) is 17.1 Å². The van der Waals surface area contributed by atoms with Crippen molar-refractivity contribution in [3.05, 3.63) is 17.8 Å². The van der Waals surface area contributed by atoms with Gasteiger partial charge in [-0.2, -0.15) is 5.10 Å². The maximum Gasteiger partial charge on any atom is 0.255 e. The van der Waals surface area contributed by atoms with Crippen LogP contribution in [0.4, 0.5) is 0 Å². The first-order chi connectivity index (χ1) is 7.48. The van der Waals surface area contributed by atoms with Gasteiger partial charge in [-0.3, -0.25) is 4.68 Å². The van der Waals surface area contributed by atoms with Crippen molar-refractivity contribution in [3.8, 4) is 0 Å². The van der Waals surface area contributed by atoms with Crippen molar-refractivity contribution in [1.29, 1.82) is 0 Å². The van der Waals surface area contributed by atoms with Crippen molar-refractivity contribution in [2.45, 2.75) is 30.7 Å². The standard InChI is InChI=1S/C10H15N3O2S/c1-13-10(16(11,14)15)7-9(12-13)8-5-3-2-4-6-8/h5,7H,2-4,6H2,1H3,(H2,11,14,15). The molecule has 0 amide bonds. The largest absolute Gasteiger partial charge is 0.255 e. The molecule has 0 aromatic carbocycles. The fraction of sp³-hybridized carbons (Fsp3) is 0.500. The van der Waals surface area contributed by atoms with Crippen molar-refractivity contribution in [1.82, 2.24) is 9.78 Å². The van der Waals surface area contributed by atoms with Gasteiger partial charge in [-0.05, 0) is 31.3 Å². The highest BCUT2D eigenvalue weighted by molar-refractivity contribution is 7.89. The van der Waals surface area contributed by atoms with E-state index < -0.39 is 10.0 Å². The molecule has 88 valence electrons. The van der Waals surface area contributed by atoms with Crippen molar-refractivity contribution >= 4 is 15.6 Å². The maximum absolute atomic E-state index is 11.2. The van der Waals surface area contributed by atoms with Crippen molar-refractivity contribution in [3.63, 3.8) is 0 Å². The smallest absolute Gasteiger partial charge is 0.255 e. The number of aromatic nitrogens is 2. The molecule has 0 aliphatic heterocycles. The second-order valence-corrected chi connectivity index (χ2v) is 5.52. The Kier molecular flexibility index (Phi) is 2.86. The topological polar surface area (TPSA) is 78.0 Å². The third-order valence-corrected chi connectivity index (χ3v) is 3.71. The lowest BCUT2D eigenvalue weighted by Crippen LogP contribution is -2.16. The first kappa shape index (κ1) is 11.3. The lowest BCUT2D eigenvalue weighted by molar-refractivity contribution is 0.578. The molecule has 1 aromatic rings. The predicted octanol–water partition coefficient (Wildman–Crippen LogP) is 1.02. The third-order valence-electron chi connectivity index (χ3n) is 2.75. The molecule has 16 heavy (non-hydrogen) atoms. The molecular formula is C10H15N3O2S. The summed E-state index contributed by atoms with van der Waals surface area (Å²) in [4.78, 5) is 0. The molecule has 1 aliphatic carbocycles. The zero-order chi connectivity index (χ0) is 11.8. The molecule has 0 bridgehead atoms. The maximum atomic E-state index is 11.2. The fourth-order valence-corrected chi connectivity index (χ4v) is 2.63. The van der Waals surface area contributed by atoms with Crippen LogP contribution >= 0.6 is 0 Å². The molecule has 0 fully saturated rings. The second kappa shape index (κ2) is 4.03. The predicted molar refractivity (Wildman–Crippen MR) is 61.0 cm³/mol. The number of sulfonamides is 1. The van der Waals surface area contributed by atoms with E-state index in [-0.39, 0.29) is 5.03 Å². The SMILES string of the molecule is Cn1nc(C2=CCCCC2)cc1S(N)(=O)=O. The van der Waals surface area contributed by atoms with E-state index in [1.807, 2.05) is 0 Å². The van der Waals surface area contributed by atoms with Crippen LogP contribution in [0.5, 0.6) is 0 Å². The number of primary sulfonamides is 1. The molecule has 6 heteroatoms. The molecule has 0 saturated carbocycles. The monoisotopic (exact) mass is 241 g/mol. The minimum Gasteiger partial charge on any atom is -0.255 e. The first-order valence-corrected chi connectivity index (χ1v) is 6.79. The van der Waals surface area contributed by atoms with Gasteiger partial charge in [0.15, 0.2) is 5.03 Å². The Bertz CT molecular complexity index is 528. The average molecular weight is 241 g/mol. The molecule has 1 aromatic heterocycles. The molecule has 0 radical (unpaired) electrons. The van der Waals surface area contributed by atoms with Crippen LogP contribution in [0.15, 0.2) is 17.2 Å². The van der Waals surface area contributed by atoms with Crippen LogP contribution < -0.4 is 5.14 Å². The van der Waals surface area contributed by atoms with Crippen molar-refractivity contribution < 1.29 is 8.42 Å². The molecular weight excluding hydrogens is 226 g/mol. The summed E-state index contributed by atoms with van der Waals surface area (Å²) in [5.41, 5.74) is 1.85. The molecule has 0 spiro atoms. The summed E-state index contributed by atoms with van der Waals surface area (Å²) in [5.74, 6) is 0. The number of rotatable bonds is 2. The molecule has 0 saturated heterocycles. The summed E-state index contributed by atoms with van der Waals surface area (Å²) in [5, 5.41) is 9.35. The number of allylic oxidation sites excluding steroid dienone is 2. The van der Waals surface area contributed by atoms with Crippen LogP contribution in [0.3, 0.4) is 0 Å². The number of nitrogens with two attached hydrogens (primary N) is 1. The molecule has 2 N–H and O–H groups in total. The first-order valence-electron chi connectivity index (χ1n) is 5.25. The van der Waals surface area contributed by atoms with Crippen LogP contribution in [0.1, 0.15) is 31.4 Å². The highest BCUT2D eigenvalue weighted by Crippen LogP contribution is 2.26. The van der Waals surface area contributed by atoms with Gasteiger partial charge in [0.2, 0.25) is 0 Å².